The number of hydrogen-bond acceptors (Lipinski definition) is 3. The molecule has 0 aromatic heterocycles. The predicted octanol–water partition coefficient (Wildman–Crippen LogP) is -4.79. The molecule has 0 saturated heterocycles. The van der Waals surface area contributed by atoms with Gasteiger partial charge in [0.25, 0.3) is 0 Å². The maximum atomic E-state index is 8.89. The van der Waals surface area contributed by atoms with Gasteiger partial charge in [-0.25, -0.2) is 0 Å². The van der Waals surface area contributed by atoms with Crippen LogP contribution in [0.4, 0.5) is 0 Å². The summed E-state index contributed by atoms with van der Waals surface area (Å²) in [7, 11) is 0. The molecule has 0 saturated carbocycles. The van der Waals surface area contributed by atoms with Gasteiger partial charge < -0.3 is 15.4 Å². The molecule has 0 atom stereocenters. The number of carboxylic acid groups (broad SMARTS) is 1. The molecule has 0 aromatic rings. The van der Waals surface area contributed by atoms with E-state index in [0.717, 1.165) is 6.92 Å². The average molecular weight is 164 g/mol. The van der Waals surface area contributed by atoms with Crippen molar-refractivity contribution in [3.63, 3.8) is 0 Å². The first kappa shape index (κ1) is 22.7. The van der Waals surface area contributed by atoms with Crippen LogP contribution >= 0.6 is 0 Å². The minimum atomic E-state index is -1.08. The smallest absolute Gasteiger partial charge is 0.870 e. The van der Waals surface area contributed by atoms with Crippen molar-refractivity contribution < 1.29 is 66.8 Å². The van der Waals surface area contributed by atoms with Crippen LogP contribution in [0.3, 0.4) is 0 Å². The molecule has 0 aliphatic heterocycles. The Morgan fingerprint density at radius 1 is 1.50 bits per heavy atom. The SMILES string of the molecule is CC(=O)[O-].C[SH2+].[K+].[OH-]. The van der Waals surface area contributed by atoms with Gasteiger partial charge in [0.15, 0.2) is 0 Å². The van der Waals surface area contributed by atoms with Gasteiger partial charge in [0.05, 0.1) is 6.26 Å². The Bertz CT molecular complexity index is 37.5. The van der Waals surface area contributed by atoms with Crippen molar-refractivity contribution in [2.24, 2.45) is 0 Å². The molecule has 0 aliphatic carbocycles. The molecule has 1 N–H and O–H groups in total. The molecule has 0 bridgehead atoms. The zero-order chi connectivity index (χ0) is 5.58. The van der Waals surface area contributed by atoms with Crippen molar-refractivity contribution >= 4 is 18.6 Å². The van der Waals surface area contributed by atoms with E-state index in [2.05, 4.69) is 12.6 Å². The van der Waals surface area contributed by atoms with E-state index < -0.39 is 5.97 Å². The predicted molar refractivity (Wildman–Crippen MR) is 28.7 cm³/mol. The van der Waals surface area contributed by atoms with Gasteiger partial charge in [-0.3, -0.25) is 0 Å². The van der Waals surface area contributed by atoms with Gasteiger partial charge in [0.2, 0.25) is 0 Å². The average Bonchev–Trinajstić information content (AvgIpc) is 1.41. The Balaban J connectivity index is -0.0000000183. The van der Waals surface area contributed by atoms with Crippen LogP contribution in [0, 0.1) is 0 Å². The largest absolute Gasteiger partial charge is 1.00 e. The van der Waals surface area contributed by atoms with Crippen LogP contribution in [0.2, 0.25) is 0 Å². The van der Waals surface area contributed by atoms with Gasteiger partial charge >= 0.3 is 51.4 Å². The zero-order valence-electron chi connectivity index (χ0n) is 5.26. The van der Waals surface area contributed by atoms with Crippen molar-refractivity contribution in [2.75, 3.05) is 6.26 Å². The number of carbonyl (C=O) groups excluding carboxylic acids is 1. The third-order valence-electron chi connectivity index (χ3n) is 0. The van der Waals surface area contributed by atoms with Gasteiger partial charge in [-0.1, -0.05) is 0 Å². The summed E-state index contributed by atoms with van der Waals surface area (Å²) >= 11 is 2.97. The van der Waals surface area contributed by atoms with E-state index in [1.54, 1.807) is 6.26 Å². The Morgan fingerprint density at radius 2 is 1.50 bits per heavy atom. The normalized spacial score (nSPS) is 3.88. The van der Waals surface area contributed by atoms with E-state index in [9.17, 15) is 0 Å². The van der Waals surface area contributed by atoms with Crippen LogP contribution in [-0.4, -0.2) is 17.7 Å². The second-order valence-corrected chi connectivity index (χ2v) is 0.492. The molecule has 0 heterocycles. The zero-order valence-corrected chi connectivity index (χ0v) is 9.39. The summed E-state index contributed by atoms with van der Waals surface area (Å²) in [4.78, 5) is 8.89. The molecule has 3 nitrogen and oxygen atoms in total. The summed E-state index contributed by atoms with van der Waals surface area (Å²) < 4.78 is 0. The topological polar surface area (TPSA) is 70.1 Å². The first-order valence-corrected chi connectivity index (χ1v) is 2.41. The van der Waals surface area contributed by atoms with Crippen molar-refractivity contribution in [3.8, 4) is 0 Å². The fourth-order valence-corrected chi connectivity index (χ4v) is 0. The Kier molecular flexibility index (Phi) is 67.5. The van der Waals surface area contributed by atoms with Crippen molar-refractivity contribution in [1.82, 2.24) is 0 Å². The summed E-state index contributed by atoms with van der Waals surface area (Å²) in [5, 5.41) is 8.89. The van der Waals surface area contributed by atoms with E-state index in [-0.39, 0.29) is 56.9 Å². The van der Waals surface area contributed by atoms with E-state index >= 15 is 0 Å². The molecule has 8 heavy (non-hydrogen) atoms. The molecule has 0 rings (SSSR count). The Morgan fingerprint density at radius 3 is 1.50 bits per heavy atom. The van der Waals surface area contributed by atoms with E-state index in [0.29, 0.717) is 0 Å². The second kappa shape index (κ2) is 23.7. The molecular formula is C3H9KO3S. The van der Waals surface area contributed by atoms with Gasteiger partial charge in [-0.2, -0.15) is 0 Å². The van der Waals surface area contributed by atoms with E-state index in [1.807, 2.05) is 0 Å². The molecule has 0 aromatic carbocycles. The fraction of sp³-hybridized carbons (Fsp3) is 0.667. The van der Waals surface area contributed by atoms with E-state index in [4.69, 9.17) is 9.90 Å². The van der Waals surface area contributed by atoms with Crippen LogP contribution in [0.15, 0.2) is 0 Å². The quantitative estimate of drug-likeness (QED) is 0.266. The number of hydrogen-bond donors (Lipinski definition) is 0. The van der Waals surface area contributed by atoms with Crippen molar-refractivity contribution in [2.45, 2.75) is 6.92 Å². The molecule has 0 fully saturated rings. The van der Waals surface area contributed by atoms with Gasteiger partial charge in [0, 0.05) is 5.97 Å². The van der Waals surface area contributed by atoms with Crippen LogP contribution in [0.1, 0.15) is 6.92 Å². The number of aliphatic carboxylic acids is 1. The third-order valence-corrected chi connectivity index (χ3v) is 0. The molecule has 0 amide bonds. The monoisotopic (exact) mass is 164 g/mol. The number of carboxylic acids is 1. The maximum absolute atomic E-state index is 8.89. The summed E-state index contributed by atoms with van der Waals surface area (Å²) in [6.45, 7) is 0.972. The molecule has 0 aliphatic rings. The van der Waals surface area contributed by atoms with Gasteiger partial charge in [0.1, 0.15) is 0 Å². The van der Waals surface area contributed by atoms with E-state index in [1.165, 1.54) is 0 Å². The first-order valence-electron chi connectivity index (χ1n) is 1.41. The van der Waals surface area contributed by atoms with Gasteiger partial charge in [-0.05, 0) is 19.6 Å². The Hall–Kier alpha value is 1.42. The first-order chi connectivity index (χ1) is 2.73. The summed E-state index contributed by atoms with van der Waals surface area (Å²) in [6, 6.07) is 0. The molecule has 0 radical (unpaired) electrons. The fourth-order valence-electron chi connectivity index (χ4n) is 0. The number of carbonyl (C=O) groups is 1. The summed E-state index contributed by atoms with van der Waals surface area (Å²) in [6.07, 6.45) is 1.81. The maximum Gasteiger partial charge on any atom is 1.00 e. The third kappa shape index (κ3) is 152. The Labute approximate surface area is 97.0 Å². The minimum absolute atomic E-state index is 0. The standard InChI is InChI=1S/C2H4O2.CH4S.K.H2O/c1-2(3)4;1-2;;/h1H3,(H,3,4);2H,1H3;;1H2/q;;+1;/p-1. The van der Waals surface area contributed by atoms with Crippen LogP contribution in [0.25, 0.3) is 0 Å². The van der Waals surface area contributed by atoms with Gasteiger partial charge in [-0.15, -0.1) is 0 Å². The minimum Gasteiger partial charge on any atom is -0.870 e. The molecule has 0 unspecified atom stereocenters. The van der Waals surface area contributed by atoms with Crippen molar-refractivity contribution in [3.05, 3.63) is 0 Å². The molecular weight excluding hydrogens is 155 g/mol. The number of rotatable bonds is 0. The molecule has 0 spiro atoms. The van der Waals surface area contributed by atoms with Crippen molar-refractivity contribution in [1.29, 1.82) is 0 Å². The summed E-state index contributed by atoms with van der Waals surface area (Å²) in [5.41, 5.74) is 0. The van der Waals surface area contributed by atoms with Crippen LogP contribution < -0.4 is 56.5 Å². The molecule has 46 valence electrons. The molecule has 5 heteroatoms. The second-order valence-electron chi connectivity index (χ2n) is 0.492. The van der Waals surface area contributed by atoms with Crippen LogP contribution in [0.5, 0.6) is 0 Å². The van der Waals surface area contributed by atoms with Crippen LogP contribution in [-0.2, 0) is 17.4 Å². The summed E-state index contributed by atoms with van der Waals surface area (Å²) in [5.74, 6) is -1.08.